The SMILES string of the molecule is CC(C)C[C@@H]([C@@H]1OC(=O)[C@H](Cc2ccccc2)[C@H]1[Si](C)(C)c1ccccc1)N(Cc1ccccc1)Cc1ccccc1. The van der Waals surface area contributed by atoms with E-state index in [0.29, 0.717) is 5.92 Å². The molecule has 1 fully saturated rings. The van der Waals surface area contributed by atoms with Gasteiger partial charge in [0.1, 0.15) is 6.10 Å². The predicted molar refractivity (Wildman–Crippen MR) is 176 cm³/mol. The van der Waals surface area contributed by atoms with Crippen molar-refractivity contribution in [1.29, 1.82) is 0 Å². The van der Waals surface area contributed by atoms with Gasteiger partial charge in [-0.3, -0.25) is 9.69 Å². The Morgan fingerprint density at radius 2 is 1.14 bits per heavy atom. The third-order valence-corrected chi connectivity index (χ3v) is 13.2. The standard InChI is InChI=1S/C38H45NO2Si/c1-29(2)25-35(39(27-31-19-11-6-12-20-31)28-32-21-13-7-14-22-32)36-37(42(3,4)33-23-15-8-16-24-33)34(38(40)41-36)26-30-17-9-5-10-18-30/h5-24,29,34-37H,25-28H2,1-4H3/t34-,35+,36+,37-/m1/s1. The van der Waals surface area contributed by atoms with E-state index in [9.17, 15) is 4.79 Å². The first kappa shape index (κ1) is 30.0. The van der Waals surface area contributed by atoms with Gasteiger partial charge < -0.3 is 4.74 Å². The van der Waals surface area contributed by atoms with E-state index >= 15 is 0 Å². The Hall–Kier alpha value is -3.47. The number of esters is 1. The van der Waals surface area contributed by atoms with Crippen molar-refractivity contribution in [1.82, 2.24) is 4.90 Å². The highest BCUT2D eigenvalue weighted by Gasteiger charge is 2.56. The molecule has 0 spiro atoms. The van der Waals surface area contributed by atoms with Crippen LogP contribution in [0.15, 0.2) is 121 Å². The molecule has 1 aliphatic rings. The molecular formula is C38H45NO2Si. The topological polar surface area (TPSA) is 29.5 Å². The van der Waals surface area contributed by atoms with Gasteiger partial charge in [0.25, 0.3) is 0 Å². The van der Waals surface area contributed by atoms with Crippen molar-refractivity contribution in [2.45, 2.75) is 70.6 Å². The van der Waals surface area contributed by atoms with Gasteiger partial charge in [-0.15, -0.1) is 0 Å². The molecule has 0 amide bonds. The third-order valence-electron chi connectivity index (χ3n) is 9.01. The molecule has 0 saturated carbocycles. The van der Waals surface area contributed by atoms with Gasteiger partial charge in [-0.1, -0.05) is 153 Å². The number of hydrogen-bond donors (Lipinski definition) is 0. The van der Waals surface area contributed by atoms with Crippen molar-refractivity contribution >= 4 is 19.2 Å². The lowest BCUT2D eigenvalue weighted by Crippen LogP contribution is -2.55. The van der Waals surface area contributed by atoms with Gasteiger partial charge in [-0.2, -0.15) is 0 Å². The van der Waals surface area contributed by atoms with Crippen LogP contribution in [0.4, 0.5) is 0 Å². The number of cyclic esters (lactones) is 1. The van der Waals surface area contributed by atoms with Crippen LogP contribution in [0, 0.1) is 11.8 Å². The fraction of sp³-hybridized carbons (Fsp3) is 0.342. The molecule has 0 N–H and O–H groups in total. The largest absolute Gasteiger partial charge is 0.460 e. The molecule has 218 valence electrons. The van der Waals surface area contributed by atoms with Gasteiger partial charge in [0.15, 0.2) is 0 Å². The Balaban J connectivity index is 1.59. The van der Waals surface area contributed by atoms with E-state index in [1.807, 2.05) is 6.07 Å². The monoisotopic (exact) mass is 575 g/mol. The second-order valence-electron chi connectivity index (χ2n) is 12.9. The van der Waals surface area contributed by atoms with E-state index in [0.717, 1.165) is 25.9 Å². The molecule has 42 heavy (non-hydrogen) atoms. The molecule has 0 radical (unpaired) electrons. The summed E-state index contributed by atoms with van der Waals surface area (Å²) in [6.45, 7) is 11.1. The second kappa shape index (κ2) is 13.7. The number of rotatable bonds is 12. The first-order valence-electron chi connectivity index (χ1n) is 15.4. The molecule has 0 bridgehead atoms. The minimum absolute atomic E-state index is 0.0292. The highest BCUT2D eigenvalue weighted by molar-refractivity contribution is 6.91. The smallest absolute Gasteiger partial charge is 0.309 e. The summed E-state index contributed by atoms with van der Waals surface area (Å²) in [5.41, 5.74) is 3.91. The van der Waals surface area contributed by atoms with Crippen molar-refractivity contribution in [3.05, 3.63) is 138 Å². The maximum atomic E-state index is 14.0. The zero-order valence-electron chi connectivity index (χ0n) is 25.5. The molecule has 5 rings (SSSR count). The number of ether oxygens (including phenoxy) is 1. The summed E-state index contributed by atoms with van der Waals surface area (Å²) >= 11 is 0. The average Bonchev–Trinajstić information content (AvgIpc) is 3.33. The quantitative estimate of drug-likeness (QED) is 0.127. The van der Waals surface area contributed by atoms with E-state index in [4.69, 9.17) is 4.74 Å². The van der Waals surface area contributed by atoms with E-state index in [1.165, 1.54) is 21.9 Å². The van der Waals surface area contributed by atoms with Crippen LogP contribution in [0.2, 0.25) is 18.6 Å². The first-order chi connectivity index (χ1) is 20.3. The van der Waals surface area contributed by atoms with Gasteiger partial charge in [-0.25, -0.2) is 0 Å². The Morgan fingerprint density at radius 3 is 1.62 bits per heavy atom. The Morgan fingerprint density at radius 1 is 0.690 bits per heavy atom. The van der Waals surface area contributed by atoms with Gasteiger partial charge in [-0.05, 0) is 35.4 Å². The van der Waals surface area contributed by atoms with E-state index in [2.05, 4.69) is 147 Å². The summed E-state index contributed by atoms with van der Waals surface area (Å²) < 4.78 is 6.64. The number of carbonyl (C=O) groups excluding carboxylic acids is 1. The van der Waals surface area contributed by atoms with Gasteiger partial charge >= 0.3 is 5.97 Å². The highest BCUT2D eigenvalue weighted by Crippen LogP contribution is 2.46. The predicted octanol–water partition coefficient (Wildman–Crippen LogP) is 7.87. The normalized spacial score (nSPS) is 19.7. The van der Waals surface area contributed by atoms with E-state index in [-0.39, 0.29) is 29.6 Å². The maximum Gasteiger partial charge on any atom is 0.309 e. The fourth-order valence-corrected chi connectivity index (χ4v) is 10.7. The maximum absolute atomic E-state index is 14.0. The number of carbonyl (C=O) groups is 1. The average molecular weight is 576 g/mol. The van der Waals surface area contributed by atoms with E-state index < -0.39 is 8.07 Å². The van der Waals surface area contributed by atoms with Crippen LogP contribution in [-0.4, -0.2) is 31.1 Å². The summed E-state index contributed by atoms with van der Waals surface area (Å²) in [6.07, 6.45) is 1.50. The Kier molecular flexibility index (Phi) is 9.76. The Labute approximate surface area is 253 Å². The lowest BCUT2D eigenvalue weighted by molar-refractivity contribution is -0.147. The molecule has 4 aromatic carbocycles. The molecule has 0 unspecified atom stereocenters. The molecule has 1 heterocycles. The van der Waals surface area contributed by atoms with Gasteiger partial charge in [0, 0.05) is 24.7 Å². The van der Waals surface area contributed by atoms with Crippen molar-refractivity contribution in [3.63, 3.8) is 0 Å². The summed E-state index contributed by atoms with van der Waals surface area (Å²) in [6, 6.07) is 43.0. The summed E-state index contributed by atoms with van der Waals surface area (Å²) in [7, 11) is -2.18. The molecule has 0 aromatic heterocycles. The van der Waals surface area contributed by atoms with E-state index in [1.54, 1.807) is 0 Å². The minimum atomic E-state index is -2.18. The molecule has 0 aliphatic carbocycles. The van der Waals surface area contributed by atoms with Crippen LogP contribution in [-0.2, 0) is 29.0 Å². The second-order valence-corrected chi connectivity index (χ2v) is 17.6. The van der Waals surface area contributed by atoms with Crippen LogP contribution in [0.1, 0.15) is 37.0 Å². The number of benzene rings is 4. The first-order valence-corrected chi connectivity index (χ1v) is 18.5. The summed E-state index contributed by atoms with van der Waals surface area (Å²) in [5, 5.41) is 1.39. The third kappa shape index (κ3) is 7.11. The number of nitrogens with zero attached hydrogens (tertiary/aromatic N) is 1. The molecule has 3 nitrogen and oxygen atoms in total. The van der Waals surface area contributed by atoms with Crippen molar-refractivity contribution in [3.8, 4) is 0 Å². The van der Waals surface area contributed by atoms with Crippen LogP contribution < -0.4 is 5.19 Å². The lowest BCUT2D eigenvalue weighted by atomic mass is 9.89. The zero-order valence-corrected chi connectivity index (χ0v) is 26.5. The van der Waals surface area contributed by atoms with Crippen LogP contribution in [0.3, 0.4) is 0 Å². The fourth-order valence-electron chi connectivity index (χ4n) is 6.94. The van der Waals surface area contributed by atoms with Crippen molar-refractivity contribution in [2.24, 2.45) is 11.8 Å². The molecule has 4 atom stereocenters. The van der Waals surface area contributed by atoms with Crippen molar-refractivity contribution in [2.75, 3.05) is 0 Å². The van der Waals surface area contributed by atoms with Gasteiger partial charge in [0.2, 0.25) is 0 Å². The zero-order chi connectivity index (χ0) is 29.5. The molecule has 1 saturated heterocycles. The molecular weight excluding hydrogens is 531 g/mol. The summed E-state index contributed by atoms with van der Waals surface area (Å²) in [5.74, 6) is 0.265. The van der Waals surface area contributed by atoms with Crippen LogP contribution >= 0.6 is 0 Å². The molecule has 1 aliphatic heterocycles. The molecule has 4 heteroatoms. The highest BCUT2D eigenvalue weighted by atomic mass is 28.3. The Bertz CT molecular complexity index is 1350. The van der Waals surface area contributed by atoms with Crippen molar-refractivity contribution < 1.29 is 9.53 Å². The lowest BCUT2D eigenvalue weighted by Gasteiger charge is -2.43. The summed E-state index contributed by atoms with van der Waals surface area (Å²) in [4.78, 5) is 16.6. The number of hydrogen-bond acceptors (Lipinski definition) is 3. The van der Waals surface area contributed by atoms with Crippen LogP contribution in [0.5, 0.6) is 0 Å². The molecule has 4 aromatic rings. The minimum Gasteiger partial charge on any atom is -0.460 e. The van der Waals surface area contributed by atoms with Crippen LogP contribution in [0.25, 0.3) is 0 Å². The van der Waals surface area contributed by atoms with Gasteiger partial charge in [0.05, 0.1) is 14.0 Å².